The third kappa shape index (κ3) is 1.46. The summed E-state index contributed by atoms with van der Waals surface area (Å²) in [4.78, 5) is 2.38. The SMILES string of the molecule is C=CC1C(C)[n+]2ccccc2B2C=CC=CN21. The summed E-state index contributed by atoms with van der Waals surface area (Å²) >= 11 is 0. The molecule has 0 saturated carbocycles. The first-order valence-corrected chi connectivity index (χ1v) is 6.08. The Kier molecular flexibility index (Phi) is 2.39. The Morgan fingerprint density at radius 2 is 2.29 bits per heavy atom. The van der Waals surface area contributed by atoms with Gasteiger partial charge in [-0.3, -0.25) is 0 Å². The van der Waals surface area contributed by atoms with E-state index in [9.17, 15) is 0 Å². The molecule has 0 fully saturated rings. The highest BCUT2D eigenvalue weighted by Crippen LogP contribution is 2.20. The van der Waals surface area contributed by atoms with Crippen molar-refractivity contribution in [3.63, 3.8) is 0 Å². The Morgan fingerprint density at radius 3 is 3.12 bits per heavy atom. The lowest BCUT2D eigenvalue weighted by Crippen LogP contribution is -2.72. The van der Waals surface area contributed by atoms with Gasteiger partial charge in [0.25, 0.3) is 0 Å². The number of fused-ring (bicyclic) bond motifs is 3. The summed E-state index contributed by atoms with van der Waals surface area (Å²) in [5.74, 6) is 2.24. The van der Waals surface area contributed by atoms with Crippen molar-refractivity contribution in [1.82, 2.24) is 4.81 Å². The fraction of sp³-hybridized carbons (Fsp3) is 0.214. The van der Waals surface area contributed by atoms with Gasteiger partial charge in [-0.1, -0.05) is 24.2 Å². The molecule has 2 aliphatic heterocycles. The van der Waals surface area contributed by atoms with Crippen LogP contribution in [0.1, 0.15) is 13.0 Å². The summed E-state index contributed by atoms with van der Waals surface area (Å²) in [6, 6.07) is 7.17. The van der Waals surface area contributed by atoms with Crippen LogP contribution in [0.2, 0.25) is 0 Å². The lowest BCUT2D eigenvalue weighted by Gasteiger charge is -2.38. The van der Waals surface area contributed by atoms with Crippen LogP contribution in [0.5, 0.6) is 0 Å². The van der Waals surface area contributed by atoms with E-state index in [0.717, 1.165) is 0 Å². The van der Waals surface area contributed by atoms with Gasteiger partial charge in [0.2, 0.25) is 0 Å². The fourth-order valence-electron chi connectivity index (χ4n) is 2.87. The average Bonchev–Trinajstić information content (AvgIpc) is 2.40. The summed E-state index contributed by atoms with van der Waals surface area (Å²) in [5, 5.41) is 0. The minimum Gasteiger partial charge on any atom is -0.397 e. The van der Waals surface area contributed by atoms with E-state index in [1.807, 2.05) is 6.08 Å². The van der Waals surface area contributed by atoms with Crippen LogP contribution < -0.4 is 10.2 Å². The first kappa shape index (κ1) is 10.4. The second-order valence-corrected chi connectivity index (χ2v) is 4.62. The van der Waals surface area contributed by atoms with Gasteiger partial charge in [-0.05, 0) is 18.3 Å². The number of nitrogens with zero attached hydrogens (tertiary/aromatic N) is 2. The normalized spacial score (nSPS) is 25.5. The Hall–Kier alpha value is -1.77. The van der Waals surface area contributed by atoms with Crippen molar-refractivity contribution >= 4 is 12.4 Å². The molecule has 2 atom stereocenters. The maximum Gasteiger partial charge on any atom is 0.396 e. The molecule has 17 heavy (non-hydrogen) atoms. The molecule has 1 aromatic heterocycles. The zero-order chi connectivity index (χ0) is 11.8. The Bertz CT molecular complexity index is 507. The molecule has 0 spiro atoms. The minimum absolute atomic E-state index is 0.334. The number of hydrogen-bond donors (Lipinski definition) is 0. The molecule has 0 radical (unpaired) electrons. The molecule has 0 saturated heterocycles. The molecule has 0 amide bonds. The summed E-state index contributed by atoms with van der Waals surface area (Å²) in [5.41, 5.74) is 1.35. The molecule has 3 heterocycles. The molecule has 3 heteroatoms. The number of pyridine rings is 1. The Balaban J connectivity index is 2.17. The molecule has 0 bridgehead atoms. The smallest absolute Gasteiger partial charge is 0.396 e. The molecule has 2 unspecified atom stereocenters. The first-order chi connectivity index (χ1) is 8.33. The predicted octanol–water partition coefficient (Wildman–Crippen LogP) is 1.23. The van der Waals surface area contributed by atoms with Gasteiger partial charge in [-0.25, -0.2) is 4.57 Å². The largest absolute Gasteiger partial charge is 0.397 e. The van der Waals surface area contributed by atoms with Gasteiger partial charge in [-0.2, -0.15) is 0 Å². The monoisotopic (exact) mass is 223 g/mol. The van der Waals surface area contributed by atoms with Crippen molar-refractivity contribution in [1.29, 1.82) is 0 Å². The van der Waals surface area contributed by atoms with Crippen molar-refractivity contribution in [3.05, 3.63) is 61.4 Å². The van der Waals surface area contributed by atoms with E-state index < -0.39 is 0 Å². The standard InChI is InChI=1S/C14H16BN2/c1-3-13-12(2)16-10-6-4-8-14(16)15-9-5-7-11-17(13)15/h3-13H,1H2,2H3/q+1. The number of hydrogen-bond acceptors (Lipinski definition) is 1. The molecule has 0 aromatic carbocycles. The zero-order valence-electron chi connectivity index (χ0n) is 10.0. The van der Waals surface area contributed by atoms with Crippen LogP contribution in [-0.4, -0.2) is 17.7 Å². The quantitative estimate of drug-likeness (QED) is 0.394. The maximum atomic E-state index is 3.99. The van der Waals surface area contributed by atoms with Crippen molar-refractivity contribution in [3.8, 4) is 0 Å². The van der Waals surface area contributed by atoms with Gasteiger partial charge in [0.1, 0.15) is 0 Å². The Morgan fingerprint density at radius 1 is 1.41 bits per heavy atom. The summed E-state index contributed by atoms with van der Waals surface area (Å²) in [7, 11) is 0. The van der Waals surface area contributed by atoms with E-state index in [-0.39, 0.29) is 0 Å². The molecule has 2 nitrogen and oxygen atoms in total. The number of aromatic nitrogens is 1. The van der Waals surface area contributed by atoms with Crippen LogP contribution >= 0.6 is 0 Å². The first-order valence-electron chi connectivity index (χ1n) is 6.08. The molecule has 1 aromatic rings. The van der Waals surface area contributed by atoms with Crippen molar-refractivity contribution in [2.24, 2.45) is 0 Å². The van der Waals surface area contributed by atoms with Gasteiger partial charge >= 0.3 is 6.85 Å². The second kappa shape index (κ2) is 3.92. The van der Waals surface area contributed by atoms with Crippen molar-refractivity contribution in [2.75, 3.05) is 0 Å². The van der Waals surface area contributed by atoms with Gasteiger partial charge in [0.05, 0.1) is 6.04 Å². The second-order valence-electron chi connectivity index (χ2n) is 4.62. The third-order valence-corrected chi connectivity index (χ3v) is 3.73. The van der Waals surface area contributed by atoms with Crippen molar-refractivity contribution in [2.45, 2.75) is 19.0 Å². The summed E-state index contributed by atoms with van der Waals surface area (Å²) in [6.45, 7) is 6.57. The van der Waals surface area contributed by atoms with Crippen LogP contribution in [0.25, 0.3) is 0 Å². The zero-order valence-corrected chi connectivity index (χ0v) is 10.0. The van der Waals surface area contributed by atoms with Gasteiger partial charge in [-0.15, -0.1) is 6.58 Å². The molecule has 0 aliphatic carbocycles. The van der Waals surface area contributed by atoms with Crippen LogP contribution in [0.4, 0.5) is 0 Å². The highest BCUT2D eigenvalue weighted by atomic mass is 15.2. The predicted molar refractivity (Wildman–Crippen MR) is 70.8 cm³/mol. The van der Waals surface area contributed by atoms with E-state index in [0.29, 0.717) is 18.9 Å². The molecule has 84 valence electrons. The van der Waals surface area contributed by atoms with Crippen LogP contribution in [0.3, 0.4) is 0 Å². The molecular weight excluding hydrogens is 207 g/mol. The fourth-order valence-corrected chi connectivity index (χ4v) is 2.87. The molecule has 2 aliphatic rings. The molecule has 3 rings (SSSR count). The maximum absolute atomic E-state index is 3.99. The summed E-state index contributed by atoms with van der Waals surface area (Å²) < 4.78 is 2.36. The minimum atomic E-state index is 0.334. The highest BCUT2D eigenvalue weighted by molar-refractivity contribution is 6.74. The molecule has 0 N–H and O–H groups in total. The Labute approximate surface area is 103 Å². The van der Waals surface area contributed by atoms with E-state index in [2.05, 4.69) is 71.6 Å². The van der Waals surface area contributed by atoms with Crippen LogP contribution in [0, 0.1) is 0 Å². The van der Waals surface area contributed by atoms with Crippen LogP contribution in [0.15, 0.2) is 61.4 Å². The average molecular weight is 223 g/mol. The van der Waals surface area contributed by atoms with E-state index in [1.54, 1.807) is 0 Å². The van der Waals surface area contributed by atoms with Gasteiger partial charge in [0, 0.05) is 13.0 Å². The lowest BCUT2D eigenvalue weighted by molar-refractivity contribution is -0.709. The van der Waals surface area contributed by atoms with E-state index in [1.165, 1.54) is 5.59 Å². The lowest BCUT2D eigenvalue weighted by atomic mass is 9.53. The van der Waals surface area contributed by atoms with Crippen LogP contribution in [-0.2, 0) is 0 Å². The third-order valence-electron chi connectivity index (χ3n) is 3.73. The van der Waals surface area contributed by atoms with Gasteiger partial charge in [0.15, 0.2) is 17.8 Å². The van der Waals surface area contributed by atoms with E-state index in [4.69, 9.17) is 0 Å². The van der Waals surface area contributed by atoms with E-state index >= 15 is 0 Å². The highest BCUT2D eigenvalue weighted by Gasteiger charge is 2.44. The number of allylic oxidation sites excluding steroid dienone is 2. The van der Waals surface area contributed by atoms with Crippen molar-refractivity contribution < 1.29 is 4.57 Å². The number of rotatable bonds is 1. The molecular formula is C14H16BN2+. The topological polar surface area (TPSA) is 7.12 Å². The summed E-state index contributed by atoms with van der Waals surface area (Å²) in [6.07, 6.45) is 10.6. The van der Waals surface area contributed by atoms with Gasteiger partial charge < -0.3 is 4.81 Å².